The van der Waals surface area contributed by atoms with E-state index in [0.29, 0.717) is 56.9 Å². The summed E-state index contributed by atoms with van der Waals surface area (Å²) in [6.45, 7) is 4.07. The molecule has 0 bridgehead atoms. The largest absolute Gasteiger partial charge is 0.506 e. The van der Waals surface area contributed by atoms with Gasteiger partial charge in [-0.25, -0.2) is 9.48 Å². The fourth-order valence-electron chi connectivity index (χ4n) is 7.80. The quantitative estimate of drug-likeness (QED) is 0.0924. The molecule has 5 heterocycles. The molecule has 0 saturated heterocycles. The van der Waals surface area contributed by atoms with Crippen molar-refractivity contribution in [1.29, 1.82) is 0 Å². The van der Waals surface area contributed by atoms with Gasteiger partial charge < -0.3 is 44.7 Å². The van der Waals surface area contributed by atoms with Gasteiger partial charge in [0, 0.05) is 47.6 Å². The maximum absolute atomic E-state index is 13.5. The van der Waals surface area contributed by atoms with Gasteiger partial charge in [-0.1, -0.05) is 17.3 Å². The van der Waals surface area contributed by atoms with Crippen LogP contribution in [0.3, 0.4) is 0 Å². The molecule has 6 aromatic rings. The Balaban J connectivity index is 0.843. The lowest BCUT2D eigenvalue weighted by molar-refractivity contribution is -0.169. The molecule has 1 aliphatic carbocycles. The fraction of sp³-hybridized carbons (Fsp3) is 0.400. The minimum absolute atomic E-state index is 0.0621. The summed E-state index contributed by atoms with van der Waals surface area (Å²) in [6, 6.07) is 15.7. The van der Waals surface area contributed by atoms with Crippen LogP contribution in [0.2, 0.25) is 0 Å². The Morgan fingerprint density at radius 2 is 1.95 bits per heavy atom. The highest BCUT2D eigenvalue weighted by molar-refractivity contribution is 7.13. The number of nitrogens with one attached hydrogen (secondary N) is 2. The number of aromatic amines is 1. The summed E-state index contributed by atoms with van der Waals surface area (Å²) in [4.78, 5) is 32.5. The molecular formula is C40H44N6O8S2. The number of thiophene rings is 2. The number of nitrogens with zero attached hydrogens (tertiary/aromatic N) is 4. The number of H-pyrrole nitrogens is 1. The van der Waals surface area contributed by atoms with Gasteiger partial charge in [-0.3, -0.25) is 4.79 Å². The van der Waals surface area contributed by atoms with E-state index in [1.54, 1.807) is 18.2 Å². The Morgan fingerprint density at radius 1 is 1.12 bits per heavy atom. The molecule has 5 N–H and O–H groups in total. The van der Waals surface area contributed by atoms with Crippen molar-refractivity contribution in [3.8, 4) is 17.2 Å². The van der Waals surface area contributed by atoms with Crippen molar-refractivity contribution in [3.05, 3.63) is 96.1 Å². The van der Waals surface area contributed by atoms with Crippen LogP contribution in [-0.2, 0) is 28.2 Å². The predicted octanol–water partition coefficient (Wildman–Crippen LogP) is 5.07. The number of aromatic nitrogens is 4. The molecule has 2 aromatic carbocycles. The third-order valence-electron chi connectivity index (χ3n) is 10.8. The van der Waals surface area contributed by atoms with E-state index in [1.165, 1.54) is 34.8 Å². The first-order valence-electron chi connectivity index (χ1n) is 18.7. The highest BCUT2D eigenvalue weighted by Crippen LogP contribution is 2.42. The van der Waals surface area contributed by atoms with Gasteiger partial charge >= 0.3 is 5.97 Å². The van der Waals surface area contributed by atoms with E-state index in [2.05, 4.69) is 32.6 Å². The summed E-state index contributed by atoms with van der Waals surface area (Å²) in [7, 11) is 2.13. The van der Waals surface area contributed by atoms with Gasteiger partial charge in [-0.05, 0) is 100.0 Å². The Labute approximate surface area is 330 Å². The van der Waals surface area contributed by atoms with Crippen LogP contribution in [0, 0.1) is 6.92 Å². The zero-order valence-corrected chi connectivity index (χ0v) is 32.7. The van der Waals surface area contributed by atoms with Crippen LogP contribution in [0.1, 0.15) is 64.0 Å². The molecule has 1 saturated carbocycles. The Bertz CT molecular complexity index is 2400. The van der Waals surface area contributed by atoms with Crippen molar-refractivity contribution >= 4 is 50.6 Å². The zero-order chi connectivity index (χ0) is 39.0. The number of benzene rings is 2. The molecule has 0 unspecified atom stereocenters. The minimum Gasteiger partial charge on any atom is -0.506 e. The monoisotopic (exact) mass is 800 g/mol. The number of carbonyl (C=O) groups excluding carboxylic acids is 1. The second-order valence-corrected chi connectivity index (χ2v) is 16.7. The van der Waals surface area contributed by atoms with Gasteiger partial charge in [0.2, 0.25) is 18.0 Å². The molecule has 0 radical (unpaired) electrons. The van der Waals surface area contributed by atoms with Crippen molar-refractivity contribution in [1.82, 2.24) is 30.2 Å². The van der Waals surface area contributed by atoms with Crippen LogP contribution >= 0.6 is 22.7 Å². The van der Waals surface area contributed by atoms with Gasteiger partial charge in [0.25, 0.3) is 0 Å². The highest BCUT2D eigenvalue weighted by Gasteiger charge is 2.45. The highest BCUT2D eigenvalue weighted by atomic mass is 32.1. The smallest absolute Gasteiger partial charge is 0.349 e. The standard InChI is InChI=1S/C40H44N6O8S2/c1-23-6-14-33(56-23)40(51,32-5-3-18-55-32)39(50)54-26-9-7-25(8-10-26)45(2)16-4-17-46-36-29(43-44-46)19-24(37-38(36)53-22-52-37)20-41-21-31(48)27-11-13-30(47)35-28(27)12-15-34(49)42-35/h3,5-6,11-15,18-19,25-26,31,41,47-48,51H,4,7-10,16-17,20-22H2,1-2H3,(H,42,49)/t25-,26-,31-,40+/m0/s1. The lowest BCUT2D eigenvalue weighted by atomic mass is 9.91. The number of fused-ring (bicyclic) bond motifs is 4. The molecule has 16 heteroatoms. The van der Waals surface area contributed by atoms with Gasteiger partial charge in [0.05, 0.1) is 21.4 Å². The minimum atomic E-state index is -1.80. The third-order valence-corrected chi connectivity index (χ3v) is 12.9. The van der Waals surface area contributed by atoms with E-state index in [1.807, 2.05) is 41.3 Å². The predicted molar refractivity (Wildman–Crippen MR) is 212 cm³/mol. The number of aliphatic hydroxyl groups excluding tert-OH is 1. The number of phenolic OH excluding ortho intramolecular Hbond substituents is 1. The summed E-state index contributed by atoms with van der Waals surface area (Å²) in [5.41, 5.74) is 0.997. The van der Waals surface area contributed by atoms with E-state index in [9.17, 15) is 24.9 Å². The lowest BCUT2D eigenvalue weighted by Gasteiger charge is -2.35. The molecule has 0 spiro atoms. The van der Waals surface area contributed by atoms with Crippen LogP contribution < -0.4 is 20.3 Å². The summed E-state index contributed by atoms with van der Waals surface area (Å²) in [6.07, 6.45) is 2.90. The Kier molecular flexibility index (Phi) is 10.8. The molecule has 1 fully saturated rings. The first-order valence-corrected chi connectivity index (χ1v) is 20.4. The van der Waals surface area contributed by atoms with E-state index in [-0.39, 0.29) is 36.3 Å². The van der Waals surface area contributed by atoms with Crippen molar-refractivity contribution in [2.24, 2.45) is 0 Å². The second kappa shape index (κ2) is 16.0. The van der Waals surface area contributed by atoms with Crippen LogP contribution in [-0.4, -0.2) is 85.2 Å². The number of esters is 1. The summed E-state index contributed by atoms with van der Waals surface area (Å²) in [5, 5.41) is 47.5. The third kappa shape index (κ3) is 7.40. The lowest BCUT2D eigenvalue weighted by Crippen LogP contribution is -2.42. The number of carbonyl (C=O) groups is 1. The Hall–Kier alpha value is -4.84. The number of phenols is 1. The topological polar surface area (TPSA) is 184 Å². The molecule has 8 rings (SSSR count). The number of rotatable bonds is 14. The van der Waals surface area contributed by atoms with Crippen LogP contribution in [0.25, 0.3) is 21.9 Å². The fourth-order valence-corrected chi connectivity index (χ4v) is 9.65. The average molecular weight is 801 g/mol. The van der Waals surface area contributed by atoms with E-state index < -0.39 is 17.7 Å². The number of hydrogen-bond donors (Lipinski definition) is 5. The maximum Gasteiger partial charge on any atom is 0.349 e. The van der Waals surface area contributed by atoms with Crippen LogP contribution in [0.4, 0.5) is 0 Å². The van der Waals surface area contributed by atoms with E-state index >= 15 is 0 Å². The van der Waals surface area contributed by atoms with Gasteiger partial charge in [-0.15, -0.1) is 27.8 Å². The molecule has 56 heavy (non-hydrogen) atoms. The maximum atomic E-state index is 13.5. The van der Waals surface area contributed by atoms with Crippen molar-refractivity contribution in [3.63, 3.8) is 0 Å². The average Bonchev–Trinajstić information content (AvgIpc) is 4.03. The molecule has 1 aliphatic heterocycles. The number of aryl methyl sites for hydroxylation is 2. The molecule has 2 atom stereocenters. The van der Waals surface area contributed by atoms with Gasteiger partial charge in [-0.2, -0.15) is 0 Å². The number of ether oxygens (including phenoxy) is 3. The van der Waals surface area contributed by atoms with E-state index in [4.69, 9.17) is 14.2 Å². The van der Waals surface area contributed by atoms with Crippen LogP contribution in [0.15, 0.2) is 64.8 Å². The van der Waals surface area contributed by atoms with Gasteiger partial charge in [0.15, 0.2) is 11.5 Å². The van der Waals surface area contributed by atoms with Crippen molar-refractivity contribution in [2.45, 2.75) is 76.0 Å². The van der Waals surface area contributed by atoms with Crippen molar-refractivity contribution in [2.75, 3.05) is 26.9 Å². The molecule has 294 valence electrons. The number of hydrogen-bond acceptors (Lipinski definition) is 14. The molecular weight excluding hydrogens is 757 g/mol. The first-order chi connectivity index (χ1) is 27.1. The Morgan fingerprint density at radius 3 is 2.71 bits per heavy atom. The van der Waals surface area contributed by atoms with Gasteiger partial charge in [0.1, 0.15) is 22.9 Å². The number of pyridine rings is 1. The van der Waals surface area contributed by atoms with Crippen molar-refractivity contribution < 1.29 is 34.3 Å². The summed E-state index contributed by atoms with van der Waals surface area (Å²) < 4.78 is 19.7. The summed E-state index contributed by atoms with van der Waals surface area (Å²) in [5.74, 6) is 0.541. The van der Waals surface area contributed by atoms with Crippen LogP contribution in [0.5, 0.6) is 17.2 Å². The van der Waals surface area contributed by atoms with E-state index in [0.717, 1.165) is 54.6 Å². The molecule has 4 aromatic heterocycles. The zero-order valence-electron chi connectivity index (χ0n) is 31.1. The first kappa shape index (κ1) is 38.1. The molecule has 0 amide bonds. The molecule has 2 aliphatic rings. The second-order valence-electron chi connectivity index (χ2n) is 14.5. The molecule has 14 nitrogen and oxygen atoms in total. The number of aliphatic hydroxyl groups is 2. The summed E-state index contributed by atoms with van der Waals surface area (Å²) >= 11 is 2.76. The normalized spacial score (nSPS) is 18.4. The SMILES string of the molecule is Cc1ccc([C@@](O)(C(=O)O[C@H]2CC[C@H](N(C)CCCn3nnc4cc(CNC[C@H](O)c5ccc(O)c6[nH]c(=O)ccc56)c5c(c43)OCO5)CC2)c2cccs2)s1. The number of aromatic hydroxyl groups is 1.